The molecule has 0 amide bonds. The van der Waals surface area contributed by atoms with Gasteiger partial charge < -0.3 is 0 Å². The molecular weight excluding hydrogens is 234 g/mol. The zero-order valence-electron chi connectivity index (χ0n) is 8.03. The molecular formula is C10H10ClNO2S. The summed E-state index contributed by atoms with van der Waals surface area (Å²) in [6.07, 6.45) is 3.88. The van der Waals surface area contributed by atoms with Gasteiger partial charge in [0.2, 0.25) is 0 Å². The van der Waals surface area contributed by atoms with Crippen LogP contribution in [0.15, 0.2) is 6.20 Å². The first kappa shape index (κ1) is 10.8. The number of carbonyl (C=O) groups is 2. The number of aromatic nitrogens is 1. The quantitative estimate of drug-likeness (QED) is 0.749. The first-order valence-corrected chi connectivity index (χ1v) is 6.02. The van der Waals surface area contributed by atoms with Crippen LogP contribution in [0.2, 0.25) is 4.47 Å². The second-order valence-electron chi connectivity index (χ2n) is 3.62. The van der Waals surface area contributed by atoms with Crippen LogP contribution in [-0.2, 0) is 16.0 Å². The lowest BCUT2D eigenvalue weighted by Gasteiger charge is -2.18. The van der Waals surface area contributed by atoms with Gasteiger partial charge in [0.15, 0.2) is 4.47 Å². The Labute approximate surface area is 96.5 Å². The molecule has 1 saturated carbocycles. The third-order valence-corrected chi connectivity index (χ3v) is 3.69. The van der Waals surface area contributed by atoms with Gasteiger partial charge in [0, 0.05) is 30.3 Å². The molecule has 3 nitrogen and oxygen atoms in total. The third kappa shape index (κ3) is 2.44. The molecule has 0 radical (unpaired) electrons. The van der Waals surface area contributed by atoms with E-state index < -0.39 is 5.92 Å². The molecule has 5 heteroatoms. The van der Waals surface area contributed by atoms with Crippen molar-refractivity contribution in [2.24, 2.45) is 5.92 Å². The largest absolute Gasteiger partial charge is 0.299 e. The van der Waals surface area contributed by atoms with Gasteiger partial charge in [0.25, 0.3) is 0 Å². The zero-order valence-corrected chi connectivity index (χ0v) is 9.61. The van der Waals surface area contributed by atoms with Crippen molar-refractivity contribution >= 4 is 34.5 Å². The van der Waals surface area contributed by atoms with Crippen molar-refractivity contribution < 1.29 is 9.59 Å². The maximum absolute atomic E-state index is 11.5. The van der Waals surface area contributed by atoms with Gasteiger partial charge in [-0.15, -0.1) is 11.3 Å². The summed E-state index contributed by atoms with van der Waals surface area (Å²) in [7, 11) is 0. The molecule has 1 fully saturated rings. The van der Waals surface area contributed by atoms with E-state index in [9.17, 15) is 9.59 Å². The Balaban J connectivity index is 2.09. The molecule has 0 aromatic carbocycles. The van der Waals surface area contributed by atoms with E-state index in [2.05, 4.69) is 4.98 Å². The van der Waals surface area contributed by atoms with E-state index in [1.54, 1.807) is 6.20 Å². The summed E-state index contributed by atoms with van der Waals surface area (Å²) < 4.78 is 0.459. The number of hydrogen-bond donors (Lipinski definition) is 0. The lowest BCUT2D eigenvalue weighted by Crippen LogP contribution is -2.29. The van der Waals surface area contributed by atoms with Gasteiger partial charge in [-0.05, 0) is 6.42 Å². The molecule has 0 bridgehead atoms. The van der Waals surface area contributed by atoms with Gasteiger partial charge in [0.05, 0.1) is 5.92 Å². The normalized spacial score (nSPS) is 18.5. The van der Waals surface area contributed by atoms with E-state index in [-0.39, 0.29) is 11.6 Å². The van der Waals surface area contributed by atoms with E-state index >= 15 is 0 Å². The molecule has 0 saturated heterocycles. The third-order valence-electron chi connectivity index (χ3n) is 2.55. The predicted molar refractivity (Wildman–Crippen MR) is 58.2 cm³/mol. The number of hydrogen-bond acceptors (Lipinski definition) is 4. The molecule has 2 rings (SSSR count). The fourth-order valence-electron chi connectivity index (χ4n) is 1.77. The minimum atomic E-state index is -0.449. The first-order chi connectivity index (χ1) is 7.16. The summed E-state index contributed by atoms with van der Waals surface area (Å²) in [5, 5.41) is 0. The van der Waals surface area contributed by atoms with Crippen LogP contribution in [0.1, 0.15) is 24.1 Å². The number of carbonyl (C=O) groups excluding carboxylic acids is 2. The van der Waals surface area contributed by atoms with Crippen molar-refractivity contribution in [3.05, 3.63) is 15.5 Å². The molecule has 1 aliphatic carbocycles. The molecule has 1 aromatic heterocycles. The zero-order chi connectivity index (χ0) is 10.8. The highest BCUT2D eigenvalue weighted by atomic mass is 35.5. The van der Waals surface area contributed by atoms with Crippen molar-refractivity contribution in [2.75, 3.05) is 0 Å². The van der Waals surface area contributed by atoms with Crippen molar-refractivity contribution in [3.63, 3.8) is 0 Å². The number of rotatable bonds is 2. The van der Waals surface area contributed by atoms with E-state index in [1.807, 2.05) is 0 Å². The standard InChI is InChI=1S/C10H10ClNO2S/c11-10-12-5-6(15-10)4-7-8(13)2-1-3-9(7)14/h5,7H,1-4H2. The highest BCUT2D eigenvalue weighted by Gasteiger charge is 2.30. The van der Waals surface area contributed by atoms with Crippen molar-refractivity contribution in [1.82, 2.24) is 4.98 Å². The maximum atomic E-state index is 11.5. The Hall–Kier alpha value is -0.740. The fourth-order valence-corrected chi connectivity index (χ4v) is 2.79. The predicted octanol–water partition coefficient (Wildman–Crippen LogP) is 2.28. The van der Waals surface area contributed by atoms with Crippen molar-refractivity contribution in [3.8, 4) is 0 Å². The van der Waals surface area contributed by atoms with Gasteiger partial charge in [-0.25, -0.2) is 4.98 Å². The van der Waals surface area contributed by atoms with E-state index in [4.69, 9.17) is 11.6 Å². The van der Waals surface area contributed by atoms with Gasteiger partial charge in [-0.3, -0.25) is 9.59 Å². The van der Waals surface area contributed by atoms with Crippen LogP contribution in [-0.4, -0.2) is 16.6 Å². The van der Waals surface area contributed by atoms with Crippen LogP contribution in [0.25, 0.3) is 0 Å². The Morgan fingerprint density at radius 1 is 1.40 bits per heavy atom. The van der Waals surface area contributed by atoms with Crippen LogP contribution in [0.5, 0.6) is 0 Å². The summed E-state index contributed by atoms with van der Waals surface area (Å²) in [4.78, 5) is 27.9. The Morgan fingerprint density at radius 3 is 2.60 bits per heavy atom. The minimum absolute atomic E-state index is 0.0655. The highest BCUT2D eigenvalue weighted by Crippen LogP contribution is 2.25. The maximum Gasteiger partial charge on any atom is 0.183 e. The van der Waals surface area contributed by atoms with Crippen LogP contribution in [0.4, 0.5) is 0 Å². The molecule has 1 aromatic rings. The lowest BCUT2D eigenvalue weighted by molar-refractivity contribution is -0.135. The molecule has 0 aliphatic heterocycles. The summed E-state index contributed by atoms with van der Waals surface area (Å²) in [5.74, 6) is -0.318. The van der Waals surface area contributed by atoms with E-state index in [1.165, 1.54) is 11.3 Å². The molecule has 1 heterocycles. The second kappa shape index (κ2) is 4.41. The SMILES string of the molecule is O=C1CCCC(=O)C1Cc1cnc(Cl)s1. The van der Waals surface area contributed by atoms with Crippen molar-refractivity contribution in [1.29, 1.82) is 0 Å². The number of Topliss-reactive ketones (excluding diaryl/α,β-unsaturated/α-hetero) is 2. The van der Waals surface area contributed by atoms with E-state index in [0.29, 0.717) is 30.2 Å². The topological polar surface area (TPSA) is 47.0 Å². The average Bonchev–Trinajstić information content (AvgIpc) is 2.58. The molecule has 15 heavy (non-hydrogen) atoms. The van der Waals surface area contributed by atoms with Crippen LogP contribution >= 0.6 is 22.9 Å². The minimum Gasteiger partial charge on any atom is -0.299 e. The van der Waals surface area contributed by atoms with Gasteiger partial charge in [-0.1, -0.05) is 11.6 Å². The van der Waals surface area contributed by atoms with Crippen LogP contribution < -0.4 is 0 Å². The average molecular weight is 244 g/mol. The van der Waals surface area contributed by atoms with Gasteiger partial charge in [-0.2, -0.15) is 0 Å². The number of ketones is 2. The summed E-state index contributed by atoms with van der Waals surface area (Å²) in [6, 6.07) is 0. The Morgan fingerprint density at radius 2 is 2.07 bits per heavy atom. The monoisotopic (exact) mass is 243 g/mol. The number of thiazole rings is 1. The molecule has 0 N–H and O–H groups in total. The van der Waals surface area contributed by atoms with Crippen LogP contribution in [0, 0.1) is 5.92 Å². The van der Waals surface area contributed by atoms with Gasteiger partial charge >= 0.3 is 0 Å². The molecule has 0 atom stereocenters. The first-order valence-electron chi connectivity index (χ1n) is 4.82. The van der Waals surface area contributed by atoms with Crippen LogP contribution in [0.3, 0.4) is 0 Å². The van der Waals surface area contributed by atoms with Gasteiger partial charge in [0.1, 0.15) is 11.6 Å². The highest BCUT2D eigenvalue weighted by molar-refractivity contribution is 7.15. The molecule has 1 aliphatic rings. The second-order valence-corrected chi connectivity index (χ2v) is 5.32. The van der Waals surface area contributed by atoms with E-state index in [0.717, 1.165) is 4.88 Å². The fraction of sp³-hybridized carbons (Fsp3) is 0.500. The summed E-state index contributed by atoms with van der Waals surface area (Å²) in [6.45, 7) is 0. The Kier molecular flexibility index (Phi) is 3.17. The number of halogens is 1. The summed E-state index contributed by atoms with van der Waals surface area (Å²) >= 11 is 7.02. The Bertz CT molecular complexity index is 386. The lowest BCUT2D eigenvalue weighted by atomic mass is 9.84. The molecule has 80 valence electrons. The smallest absolute Gasteiger partial charge is 0.183 e. The van der Waals surface area contributed by atoms with Crippen molar-refractivity contribution in [2.45, 2.75) is 25.7 Å². The number of nitrogens with zero attached hydrogens (tertiary/aromatic N) is 1. The summed E-state index contributed by atoms with van der Waals surface area (Å²) in [5.41, 5.74) is 0. The molecule has 0 spiro atoms. The molecule has 0 unspecified atom stereocenters.